The molecule has 7 atom stereocenters. The third-order valence-electron chi connectivity index (χ3n) is 8.48. The predicted molar refractivity (Wildman–Crippen MR) is 90.9 cm³/mol. The largest absolute Gasteiger partial charge is 0.481 e. The summed E-state index contributed by atoms with van der Waals surface area (Å²) in [5, 5.41) is 20.4. The molecule has 2 N–H and O–H groups in total. The minimum absolute atomic E-state index is 0.0508. The van der Waals surface area contributed by atoms with Gasteiger partial charge in [-0.05, 0) is 49.9 Å². The minimum atomic E-state index is -0.989. The van der Waals surface area contributed by atoms with E-state index in [0.717, 1.165) is 25.7 Å². The van der Waals surface area contributed by atoms with Crippen molar-refractivity contribution in [1.82, 2.24) is 0 Å². The molecule has 25 heavy (non-hydrogen) atoms. The maximum Gasteiger partial charge on any atom is 0.309 e. The summed E-state index contributed by atoms with van der Waals surface area (Å²) in [6, 6.07) is 0. The molecule has 5 heteroatoms. The number of carboxylic acids is 1. The van der Waals surface area contributed by atoms with Crippen LogP contribution >= 0.6 is 0 Å². The fourth-order valence-electron chi connectivity index (χ4n) is 7.26. The second kappa shape index (κ2) is 4.86. The number of carbonyl (C=O) groups is 2. The Morgan fingerprint density at radius 2 is 1.92 bits per heavy atom. The summed E-state index contributed by atoms with van der Waals surface area (Å²) in [7, 11) is 0. The van der Waals surface area contributed by atoms with Crippen LogP contribution in [0.3, 0.4) is 0 Å². The molecule has 0 aromatic rings. The van der Waals surface area contributed by atoms with Gasteiger partial charge in [-0.15, -0.1) is 0 Å². The van der Waals surface area contributed by atoms with Crippen LogP contribution in [-0.2, 0) is 14.3 Å². The Kier molecular flexibility index (Phi) is 3.40. The number of epoxide rings is 1. The lowest BCUT2D eigenvalue weighted by molar-refractivity contribution is -0.178. The number of aliphatic carboxylic acids is 1. The van der Waals surface area contributed by atoms with E-state index in [2.05, 4.69) is 20.8 Å². The zero-order chi connectivity index (χ0) is 18.4. The van der Waals surface area contributed by atoms with Crippen LogP contribution in [0.2, 0.25) is 0 Å². The lowest BCUT2D eigenvalue weighted by atomic mass is 9.42. The molecule has 0 aromatic heterocycles. The molecule has 4 rings (SSSR count). The standard InChI is InChI=1S/C20H30O5/c1-11(2)20-10-12(21)14(22)15-17(3)7-5-8-18(4,16(23)24)13(17)6-9-19(15,20)25-20/h11-13,15,21H,5-10H2,1-4H3,(H,23,24)/t12?,13-,15-,17+,18+,19+,20+/m1/s1. The zero-order valence-electron chi connectivity index (χ0n) is 15.7. The Morgan fingerprint density at radius 1 is 1.24 bits per heavy atom. The highest BCUT2D eigenvalue weighted by atomic mass is 16.6. The molecule has 0 aromatic carbocycles. The molecule has 3 saturated carbocycles. The zero-order valence-corrected chi connectivity index (χ0v) is 15.7. The van der Waals surface area contributed by atoms with Crippen molar-refractivity contribution < 1.29 is 24.5 Å². The van der Waals surface area contributed by atoms with Gasteiger partial charge in [0.15, 0.2) is 5.78 Å². The van der Waals surface area contributed by atoms with Crippen molar-refractivity contribution in [2.45, 2.75) is 83.5 Å². The second-order valence-corrected chi connectivity index (χ2v) is 9.76. The van der Waals surface area contributed by atoms with Crippen LogP contribution in [0, 0.1) is 28.6 Å². The first-order chi connectivity index (χ1) is 11.6. The fourth-order valence-corrected chi connectivity index (χ4v) is 7.26. The Balaban J connectivity index is 1.82. The number of Topliss-reactive ketones (excluding diaryl/α,β-unsaturated/α-hetero) is 1. The summed E-state index contributed by atoms with van der Waals surface area (Å²) in [5.41, 5.74) is -2.12. The Morgan fingerprint density at radius 3 is 2.52 bits per heavy atom. The summed E-state index contributed by atoms with van der Waals surface area (Å²) in [6.45, 7) is 8.14. The van der Waals surface area contributed by atoms with Crippen molar-refractivity contribution in [2.75, 3.05) is 0 Å². The number of carbonyl (C=O) groups excluding carboxylic acids is 1. The number of hydrogen-bond donors (Lipinski definition) is 2. The summed E-state index contributed by atoms with van der Waals surface area (Å²) in [5.74, 6) is -1.08. The van der Waals surface area contributed by atoms with Crippen molar-refractivity contribution in [3.63, 3.8) is 0 Å². The van der Waals surface area contributed by atoms with Crippen molar-refractivity contribution in [2.24, 2.45) is 28.6 Å². The normalized spacial score (nSPS) is 54.5. The molecule has 0 radical (unpaired) electrons. The highest BCUT2D eigenvalue weighted by Gasteiger charge is 2.83. The van der Waals surface area contributed by atoms with E-state index in [-0.39, 0.29) is 23.5 Å². The Labute approximate surface area is 149 Å². The monoisotopic (exact) mass is 350 g/mol. The summed E-state index contributed by atoms with van der Waals surface area (Å²) < 4.78 is 6.37. The highest BCUT2D eigenvalue weighted by Crippen LogP contribution is 2.74. The number of ketones is 1. The minimum Gasteiger partial charge on any atom is -0.481 e. The molecule has 3 aliphatic carbocycles. The van der Waals surface area contributed by atoms with E-state index in [4.69, 9.17) is 4.74 Å². The van der Waals surface area contributed by atoms with Crippen LogP contribution in [0.25, 0.3) is 0 Å². The lowest BCUT2D eigenvalue weighted by Gasteiger charge is -2.59. The number of rotatable bonds is 2. The molecule has 1 spiro atoms. The Hall–Kier alpha value is -0.940. The first kappa shape index (κ1) is 17.5. The number of ether oxygens (including phenoxy) is 1. The van der Waals surface area contributed by atoms with Crippen LogP contribution in [0.4, 0.5) is 0 Å². The summed E-state index contributed by atoms with van der Waals surface area (Å²) >= 11 is 0. The molecule has 1 saturated heterocycles. The van der Waals surface area contributed by atoms with Gasteiger partial charge < -0.3 is 14.9 Å². The molecule has 0 bridgehead atoms. The topological polar surface area (TPSA) is 87.1 Å². The Bertz CT molecular complexity index is 644. The number of carboxylic acid groups (broad SMARTS) is 1. The average molecular weight is 350 g/mol. The maximum atomic E-state index is 13.1. The van der Waals surface area contributed by atoms with Gasteiger partial charge in [0.05, 0.1) is 11.3 Å². The molecule has 4 fully saturated rings. The molecule has 1 unspecified atom stereocenters. The SMILES string of the molecule is CC(C)[C@@]12CC(O)C(=O)[C@@H]3[C@@]4(C)CCC[C@](C)(C(=O)O)[C@@H]4CC[C@]31O2. The average Bonchev–Trinajstić information content (AvgIpc) is 3.15. The van der Waals surface area contributed by atoms with Gasteiger partial charge in [-0.1, -0.05) is 27.2 Å². The van der Waals surface area contributed by atoms with Crippen molar-refractivity contribution in [3.05, 3.63) is 0 Å². The van der Waals surface area contributed by atoms with E-state index in [1.54, 1.807) is 0 Å². The molecular formula is C20H30O5. The van der Waals surface area contributed by atoms with Gasteiger partial charge >= 0.3 is 5.97 Å². The molecule has 140 valence electrons. The number of fused-ring (bicyclic) bond motifs is 2. The van der Waals surface area contributed by atoms with E-state index in [0.29, 0.717) is 12.8 Å². The number of hydrogen-bond acceptors (Lipinski definition) is 4. The van der Waals surface area contributed by atoms with Gasteiger partial charge in [-0.2, -0.15) is 0 Å². The highest BCUT2D eigenvalue weighted by molar-refractivity contribution is 5.90. The van der Waals surface area contributed by atoms with Gasteiger partial charge in [0.2, 0.25) is 0 Å². The van der Waals surface area contributed by atoms with E-state index >= 15 is 0 Å². The third-order valence-corrected chi connectivity index (χ3v) is 8.48. The molecule has 0 amide bonds. The third kappa shape index (κ3) is 1.82. The van der Waals surface area contributed by atoms with Crippen molar-refractivity contribution in [1.29, 1.82) is 0 Å². The van der Waals surface area contributed by atoms with Crippen LogP contribution in [0.15, 0.2) is 0 Å². The number of aliphatic hydroxyl groups excluding tert-OH is 1. The molecule has 1 heterocycles. The summed E-state index contributed by atoms with van der Waals surface area (Å²) in [6.07, 6.45) is 3.22. The molecular weight excluding hydrogens is 320 g/mol. The fraction of sp³-hybridized carbons (Fsp3) is 0.900. The van der Waals surface area contributed by atoms with Gasteiger partial charge in [0, 0.05) is 6.42 Å². The first-order valence-corrected chi connectivity index (χ1v) is 9.70. The smallest absolute Gasteiger partial charge is 0.309 e. The second-order valence-electron chi connectivity index (χ2n) is 9.76. The van der Waals surface area contributed by atoms with Crippen molar-refractivity contribution >= 4 is 11.8 Å². The van der Waals surface area contributed by atoms with Gasteiger partial charge in [-0.25, -0.2) is 0 Å². The van der Waals surface area contributed by atoms with E-state index in [1.165, 1.54) is 0 Å². The predicted octanol–water partition coefficient (Wildman–Crippen LogP) is 2.79. The molecule has 5 nitrogen and oxygen atoms in total. The quantitative estimate of drug-likeness (QED) is 0.748. The van der Waals surface area contributed by atoms with Gasteiger partial charge in [0.1, 0.15) is 17.3 Å². The lowest BCUT2D eigenvalue weighted by Crippen LogP contribution is -2.64. The van der Waals surface area contributed by atoms with Crippen LogP contribution in [-0.4, -0.2) is 39.3 Å². The van der Waals surface area contributed by atoms with Crippen LogP contribution in [0.5, 0.6) is 0 Å². The van der Waals surface area contributed by atoms with Crippen LogP contribution in [0.1, 0.15) is 66.2 Å². The molecule has 1 aliphatic heterocycles. The van der Waals surface area contributed by atoms with Gasteiger partial charge in [-0.3, -0.25) is 9.59 Å². The van der Waals surface area contributed by atoms with Crippen LogP contribution < -0.4 is 0 Å². The maximum absolute atomic E-state index is 13.1. The van der Waals surface area contributed by atoms with E-state index < -0.39 is 34.1 Å². The first-order valence-electron chi connectivity index (χ1n) is 9.70. The van der Waals surface area contributed by atoms with Crippen molar-refractivity contribution in [3.8, 4) is 0 Å². The van der Waals surface area contributed by atoms with Gasteiger partial charge in [0.25, 0.3) is 0 Å². The van der Waals surface area contributed by atoms with E-state index in [1.807, 2.05) is 6.92 Å². The number of aliphatic hydroxyl groups is 1. The summed E-state index contributed by atoms with van der Waals surface area (Å²) in [4.78, 5) is 25.2. The van der Waals surface area contributed by atoms with E-state index in [9.17, 15) is 19.8 Å². The molecule has 4 aliphatic rings.